The molecule has 1 atom stereocenters. The van der Waals surface area contributed by atoms with Gasteiger partial charge in [0.2, 0.25) is 0 Å². The highest BCUT2D eigenvalue weighted by molar-refractivity contribution is 5.92. The Bertz CT molecular complexity index is 1060. The molecule has 1 aliphatic heterocycles. The lowest BCUT2D eigenvalue weighted by Gasteiger charge is -2.35. The molecule has 30 heavy (non-hydrogen) atoms. The van der Waals surface area contributed by atoms with Gasteiger partial charge in [-0.15, -0.1) is 0 Å². The number of morpholine rings is 1. The third-order valence-corrected chi connectivity index (χ3v) is 5.37. The fourth-order valence-corrected chi connectivity index (χ4v) is 3.87. The van der Waals surface area contributed by atoms with Crippen LogP contribution in [-0.4, -0.2) is 57.4 Å². The standard InChI is InChI=1S/C22H25N5O3/c1-14-11-24-19(12-23-14)22(28)26-8-9-30-13-20(26)21-15(2)25-27(16(21)3)17-6-5-7-18(10-17)29-4/h5-7,10-12,20H,8-9,13H2,1-4H3/t20-/m1/s1. The largest absolute Gasteiger partial charge is 0.497 e. The number of hydrogen-bond acceptors (Lipinski definition) is 6. The van der Waals surface area contributed by atoms with Gasteiger partial charge in [-0.2, -0.15) is 5.10 Å². The van der Waals surface area contributed by atoms with E-state index in [9.17, 15) is 4.79 Å². The van der Waals surface area contributed by atoms with Crippen LogP contribution in [0.5, 0.6) is 5.75 Å². The van der Waals surface area contributed by atoms with Gasteiger partial charge in [0.15, 0.2) is 0 Å². The lowest BCUT2D eigenvalue weighted by molar-refractivity contribution is -0.00337. The molecular weight excluding hydrogens is 382 g/mol. The molecule has 0 unspecified atom stereocenters. The van der Waals surface area contributed by atoms with Crippen molar-refractivity contribution in [1.82, 2.24) is 24.6 Å². The minimum atomic E-state index is -0.242. The molecule has 1 saturated heterocycles. The Morgan fingerprint density at radius 3 is 2.77 bits per heavy atom. The number of aromatic nitrogens is 4. The average molecular weight is 407 g/mol. The zero-order valence-electron chi connectivity index (χ0n) is 17.6. The number of aryl methyl sites for hydroxylation is 2. The second-order valence-electron chi connectivity index (χ2n) is 7.33. The van der Waals surface area contributed by atoms with Gasteiger partial charge in [0.25, 0.3) is 5.91 Å². The molecule has 0 bridgehead atoms. The van der Waals surface area contributed by atoms with E-state index < -0.39 is 0 Å². The Hall–Kier alpha value is -3.26. The molecule has 3 aromatic rings. The number of ether oxygens (including phenoxy) is 2. The molecule has 156 valence electrons. The van der Waals surface area contributed by atoms with Crippen LogP contribution < -0.4 is 4.74 Å². The van der Waals surface area contributed by atoms with Gasteiger partial charge in [-0.25, -0.2) is 9.67 Å². The molecule has 0 radical (unpaired) electrons. The molecule has 1 fully saturated rings. The van der Waals surface area contributed by atoms with Crippen LogP contribution in [0.15, 0.2) is 36.7 Å². The summed E-state index contributed by atoms with van der Waals surface area (Å²) < 4.78 is 13.0. The fourth-order valence-electron chi connectivity index (χ4n) is 3.87. The Labute approximate surface area is 175 Å². The smallest absolute Gasteiger partial charge is 0.274 e. The van der Waals surface area contributed by atoms with Crippen molar-refractivity contribution in [3.05, 3.63) is 65.0 Å². The van der Waals surface area contributed by atoms with E-state index in [4.69, 9.17) is 14.6 Å². The minimum absolute atomic E-state index is 0.149. The van der Waals surface area contributed by atoms with Crippen molar-refractivity contribution in [3.63, 3.8) is 0 Å². The number of nitrogens with zero attached hydrogens (tertiary/aromatic N) is 5. The van der Waals surface area contributed by atoms with Gasteiger partial charge in [-0.05, 0) is 32.9 Å². The molecule has 4 rings (SSSR count). The summed E-state index contributed by atoms with van der Waals surface area (Å²) in [4.78, 5) is 23.5. The summed E-state index contributed by atoms with van der Waals surface area (Å²) in [5, 5.41) is 4.75. The molecule has 1 aromatic carbocycles. The number of benzene rings is 1. The van der Waals surface area contributed by atoms with Crippen LogP contribution in [0.25, 0.3) is 5.69 Å². The highest BCUT2D eigenvalue weighted by atomic mass is 16.5. The van der Waals surface area contributed by atoms with Crippen molar-refractivity contribution in [3.8, 4) is 11.4 Å². The summed E-state index contributed by atoms with van der Waals surface area (Å²) in [7, 11) is 1.64. The Morgan fingerprint density at radius 2 is 2.03 bits per heavy atom. The van der Waals surface area contributed by atoms with Crippen molar-refractivity contribution in [2.45, 2.75) is 26.8 Å². The van der Waals surface area contributed by atoms with Crippen molar-refractivity contribution in [2.75, 3.05) is 26.9 Å². The first-order chi connectivity index (χ1) is 14.5. The molecule has 0 saturated carbocycles. The molecule has 0 spiro atoms. The van der Waals surface area contributed by atoms with Gasteiger partial charge in [0.1, 0.15) is 11.4 Å². The number of methoxy groups -OCH3 is 1. The summed E-state index contributed by atoms with van der Waals surface area (Å²) in [5.74, 6) is 0.612. The molecular formula is C22H25N5O3. The first-order valence-corrected chi connectivity index (χ1v) is 9.87. The number of carbonyl (C=O) groups is 1. The topological polar surface area (TPSA) is 82.4 Å². The van der Waals surface area contributed by atoms with E-state index in [1.54, 1.807) is 13.3 Å². The van der Waals surface area contributed by atoms with Crippen molar-refractivity contribution < 1.29 is 14.3 Å². The van der Waals surface area contributed by atoms with Crippen molar-refractivity contribution in [1.29, 1.82) is 0 Å². The predicted octanol–water partition coefficient (Wildman–Crippen LogP) is 2.81. The van der Waals surface area contributed by atoms with Gasteiger partial charge in [-0.3, -0.25) is 9.78 Å². The van der Waals surface area contributed by atoms with E-state index in [2.05, 4.69) is 9.97 Å². The highest BCUT2D eigenvalue weighted by Gasteiger charge is 2.34. The molecule has 0 aliphatic carbocycles. The van der Waals surface area contributed by atoms with E-state index >= 15 is 0 Å². The highest BCUT2D eigenvalue weighted by Crippen LogP contribution is 2.32. The molecule has 8 nitrogen and oxygen atoms in total. The number of hydrogen-bond donors (Lipinski definition) is 0. The van der Waals surface area contributed by atoms with Crippen LogP contribution in [0.1, 0.15) is 39.2 Å². The third-order valence-electron chi connectivity index (χ3n) is 5.37. The van der Waals surface area contributed by atoms with Crippen LogP contribution in [0.3, 0.4) is 0 Å². The number of rotatable bonds is 4. The Balaban J connectivity index is 1.71. The first kappa shape index (κ1) is 20.0. The zero-order valence-corrected chi connectivity index (χ0v) is 17.6. The maximum Gasteiger partial charge on any atom is 0.274 e. The lowest BCUT2D eigenvalue weighted by Crippen LogP contribution is -2.44. The second-order valence-corrected chi connectivity index (χ2v) is 7.33. The van der Waals surface area contributed by atoms with E-state index in [1.165, 1.54) is 6.20 Å². The van der Waals surface area contributed by atoms with Crippen LogP contribution in [0.2, 0.25) is 0 Å². The predicted molar refractivity (Wildman–Crippen MR) is 111 cm³/mol. The summed E-state index contributed by atoms with van der Waals surface area (Å²) in [5.41, 5.74) is 4.83. The Kier molecular flexibility index (Phi) is 5.50. The van der Waals surface area contributed by atoms with E-state index in [0.717, 1.165) is 34.1 Å². The lowest BCUT2D eigenvalue weighted by atomic mass is 10.0. The van der Waals surface area contributed by atoms with E-state index in [0.29, 0.717) is 25.5 Å². The van der Waals surface area contributed by atoms with Crippen LogP contribution >= 0.6 is 0 Å². The number of amides is 1. The van der Waals surface area contributed by atoms with Crippen LogP contribution in [0, 0.1) is 20.8 Å². The molecule has 2 aromatic heterocycles. The summed E-state index contributed by atoms with van der Waals surface area (Å²) in [6, 6.07) is 7.50. The summed E-state index contributed by atoms with van der Waals surface area (Å²) >= 11 is 0. The maximum atomic E-state index is 13.2. The van der Waals surface area contributed by atoms with Crippen molar-refractivity contribution >= 4 is 5.91 Å². The van der Waals surface area contributed by atoms with Gasteiger partial charge >= 0.3 is 0 Å². The fraction of sp³-hybridized carbons (Fsp3) is 0.364. The molecule has 0 N–H and O–H groups in total. The Morgan fingerprint density at radius 1 is 1.20 bits per heavy atom. The second kappa shape index (κ2) is 8.23. The normalized spacial score (nSPS) is 16.5. The summed E-state index contributed by atoms with van der Waals surface area (Å²) in [6.07, 6.45) is 3.14. The minimum Gasteiger partial charge on any atom is -0.497 e. The third kappa shape index (κ3) is 3.66. The zero-order chi connectivity index (χ0) is 21.3. The van der Waals surface area contributed by atoms with E-state index in [1.807, 2.05) is 54.6 Å². The first-order valence-electron chi connectivity index (χ1n) is 9.87. The van der Waals surface area contributed by atoms with Gasteiger partial charge in [0, 0.05) is 30.1 Å². The van der Waals surface area contributed by atoms with Crippen LogP contribution in [-0.2, 0) is 4.74 Å². The molecule has 1 amide bonds. The SMILES string of the molecule is COc1cccc(-n2nc(C)c([C@H]3COCCN3C(=O)c3cnc(C)cn3)c2C)c1. The van der Waals surface area contributed by atoms with Crippen LogP contribution in [0.4, 0.5) is 0 Å². The van der Waals surface area contributed by atoms with E-state index in [-0.39, 0.29) is 11.9 Å². The number of carbonyl (C=O) groups excluding carboxylic acids is 1. The van der Waals surface area contributed by atoms with Crippen molar-refractivity contribution in [2.24, 2.45) is 0 Å². The van der Waals surface area contributed by atoms with Gasteiger partial charge in [-0.1, -0.05) is 6.07 Å². The molecule has 3 heterocycles. The van der Waals surface area contributed by atoms with Gasteiger partial charge in [0.05, 0.1) is 49.6 Å². The quantitative estimate of drug-likeness (QED) is 0.661. The molecule has 1 aliphatic rings. The molecule has 8 heteroatoms. The monoisotopic (exact) mass is 407 g/mol. The van der Waals surface area contributed by atoms with Gasteiger partial charge < -0.3 is 14.4 Å². The average Bonchev–Trinajstić information content (AvgIpc) is 3.07. The summed E-state index contributed by atoms with van der Waals surface area (Å²) in [6.45, 7) is 7.21. The maximum absolute atomic E-state index is 13.2.